The Morgan fingerprint density at radius 1 is 1.17 bits per heavy atom. The van der Waals surface area contributed by atoms with E-state index in [1.54, 1.807) is 30.3 Å². The Morgan fingerprint density at radius 2 is 1.88 bits per heavy atom. The smallest absolute Gasteiger partial charge is 0.338 e. The lowest BCUT2D eigenvalue weighted by Gasteiger charge is -2.13. The number of carbonyl (C=O) groups excluding carboxylic acids is 1. The Kier molecular flexibility index (Phi) is 3.69. The fourth-order valence-electron chi connectivity index (χ4n) is 2.85. The summed E-state index contributed by atoms with van der Waals surface area (Å²) in [4.78, 5) is 23.2. The molecule has 0 atom stereocenters. The Morgan fingerprint density at radius 3 is 2.50 bits per heavy atom. The Labute approximate surface area is 136 Å². The van der Waals surface area contributed by atoms with Gasteiger partial charge in [0.05, 0.1) is 30.1 Å². The molecule has 0 aliphatic carbocycles. The average Bonchev–Trinajstić information content (AvgIpc) is 2.58. The first kappa shape index (κ1) is 15.5. The summed E-state index contributed by atoms with van der Waals surface area (Å²) in [6.45, 7) is 0. The van der Waals surface area contributed by atoms with Crippen molar-refractivity contribution in [2.45, 2.75) is 0 Å². The van der Waals surface area contributed by atoms with Crippen LogP contribution in [0.25, 0.3) is 21.5 Å². The maximum atomic E-state index is 12.1. The number of carbonyl (C=O) groups is 1. The summed E-state index contributed by atoms with van der Waals surface area (Å²) in [6.07, 6.45) is 0. The third kappa shape index (κ3) is 2.18. The van der Waals surface area contributed by atoms with E-state index in [2.05, 4.69) is 0 Å². The van der Waals surface area contributed by atoms with Crippen molar-refractivity contribution in [1.29, 1.82) is 0 Å². The van der Waals surface area contributed by atoms with E-state index in [4.69, 9.17) is 9.47 Å². The van der Waals surface area contributed by atoms with Gasteiger partial charge in [-0.25, -0.2) is 4.79 Å². The van der Waals surface area contributed by atoms with Gasteiger partial charge in [0, 0.05) is 5.39 Å². The van der Waals surface area contributed by atoms with Crippen LogP contribution in [0.15, 0.2) is 36.4 Å². The Hall–Kier alpha value is -3.35. The molecule has 3 aromatic rings. The summed E-state index contributed by atoms with van der Waals surface area (Å²) in [5.74, 6) is -1.14. The second kappa shape index (κ2) is 5.69. The fraction of sp³-hybridized carbons (Fsp3) is 0.118. The van der Waals surface area contributed by atoms with Crippen LogP contribution in [0.5, 0.6) is 11.5 Å². The lowest BCUT2D eigenvalue weighted by Crippen LogP contribution is -2.04. The first-order valence-electron chi connectivity index (χ1n) is 6.97. The molecule has 7 heteroatoms. The molecule has 0 unspecified atom stereocenters. The van der Waals surface area contributed by atoms with E-state index in [1.165, 1.54) is 20.3 Å². The van der Waals surface area contributed by atoms with E-state index in [0.29, 0.717) is 10.8 Å². The largest absolute Gasteiger partial charge is 0.504 e. The highest BCUT2D eigenvalue weighted by atomic mass is 16.6. The van der Waals surface area contributed by atoms with Crippen LogP contribution in [-0.4, -0.2) is 30.2 Å². The number of aromatic hydroxyl groups is 1. The molecule has 0 heterocycles. The highest BCUT2D eigenvalue weighted by Crippen LogP contribution is 2.45. The zero-order valence-corrected chi connectivity index (χ0v) is 12.9. The van der Waals surface area contributed by atoms with Gasteiger partial charge in [0.15, 0.2) is 11.5 Å². The summed E-state index contributed by atoms with van der Waals surface area (Å²) in [5, 5.41) is 23.2. The Bertz CT molecular complexity index is 995. The molecule has 0 spiro atoms. The van der Waals surface area contributed by atoms with E-state index < -0.39 is 10.9 Å². The molecular formula is C17H13NO6. The molecule has 0 fully saturated rings. The molecular weight excluding hydrogens is 314 g/mol. The lowest BCUT2D eigenvalue weighted by atomic mass is 9.96. The number of nitro benzene ring substituents is 1. The molecule has 3 aromatic carbocycles. The number of nitrogens with zero attached hydrogens (tertiary/aromatic N) is 1. The summed E-state index contributed by atoms with van der Waals surface area (Å²) in [7, 11) is 2.50. The van der Waals surface area contributed by atoms with Gasteiger partial charge in [0.2, 0.25) is 0 Å². The summed E-state index contributed by atoms with van der Waals surface area (Å²) in [6, 6.07) is 9.57. The van der Waals surface area contributed by atoms with Gasteiger partial charge in [-0.05, 0) is 23.6 Å². The maximum absolute atomic E-state index is 12.1. The minimum absolute atomic E-state index is 0.0275. The highest BCUT2D eigenvalue weighted by Gasteiger charge is 2.27. The summed E-state index contributed by atoms with van der Waals surface area (Å²) >= 11 is 0. The minimum atomic E-state index is -0.706. The minimum Gasteiger partial charge on any atom is -0.504 e. The standard InChI is InChI=1S/C17H13NO6/c1-23-16-13(19)8-12(17(20)24-2)11-7-9-5-3-4-6-10(9)15(14(11)16)18(21)22/h3-8,19H,1-2H3. The molecule has 0 aliphatic rings. The number of nitro groups is 1. The van der Waals surface area contributed by atoms with Crippen LogP contribution in [0.4, 0.5) is 5.69 Å². The van der Waals surface area contributed by atoms with Gasteiger partial charge in [-0.2, -0.15) is 0 Å². The predicted octanol–water partition coefficient (Wildman–Crippen LogP) is 3.40. The first-order chi connectivity index (χ1) is 11.5. The van der Waals surface area contributed by atoms with Crippen LogP contribution in [0.3, 0.4) is 0 Å². The highest BCUT2D eigenvalue weighted by molar-refractivity contribution is 6.17. The number of hydrogen-bond acceptors (Lipinski definition) is 6. The van der Waals surface area contributed by atoms with Gasteiger partial charge >= 0.3 is 5.97 Å². The van der Waals surface area contributed by atoms with Crippen LogP contribution >= 0.6 is 0 Å². The molecule has 0 saturated carbocycles. The number of phenols is 1. The van der Waals surface area contributed by atoms with E-state index in [0.717, 1.165) is 0 Å². The molecule has 0 aliphatic heterocycles. The van der Waals surface area contributed by atoms with E-state index in [9.17, 15) is 20.0 Å². The molecule has 1 N–H and O–H groups in total. The molecule has 0 bridgehead atoms. The van der Waals surface area contributed by atoms with Crippen molar-refractivity contribution in [2.75, 3.05) is 14.2 Å². The SMILES string of the molecule is COC(=O)c1cc(O)c(OC)c2c([N+](=O)[O-])c3ccccc3cc12. The number of non-ortho nitro benzene ring substituents is 1. The number of fused-ring (bicyclic) bond motifs is 2. The van der Waals surface area contributed by atoms with Gasteiger partial charge in [0.25, 0.3) is 5.69 Å². The van der Waals surface area contributed by atoms with Crippen LogP contribution < -0.4 is 4.74 Å². The van der Waals surface area contributed by atoms with Crippen molar-refractivity contribution in [3.05, 3.63) is 52.1 Å². The van der Waals surface area contributed by atoms with Gasteiger partial charge in [0.1, 0.15) is 5.39 Å². The van der Waals surface area contributed by atoms with Crippen LogP contribution in [-0.2, 0) is 4.74 Å². The third-order valence-corrected chi connectivity index (χ3v) is 3.84. The van der Waals surface area contributed by atoms with Crippen molar-refractivity contribution >= 4 is 33.2 Å². The monoisotopic (exact) mass is 327 g/mol. The predicted molar refractivity (Wildman–Crippen MR) is 87.7 cm³/mol. The second-order valence-corrected chi connectivity index (χ2v) is 5.09. The number of hydrogen-bond donors (Lipinski definition) is 1. The van der Waals surface area contributed by atoms with Crippen LogP contribution in [0.2, 0.25) is 0 Å². The quantitative estimate of drug-likeness (QED) is 0.342. The van der Waals surface area contributed by atoms with E-state index in [-0.39, 0.29) is 33.5 Å². The number of ether oxygens (including phenoxy) is 2. The second-order valence-electron chi connectivity index (χ2n) is 5.09. The fourth-order valence-corrected chi connectivity index (χ4v) is 2.85. The van der Waals surface area contributed by atoms with Crippen molar-refractivity contribution in [3.63, 3.8) is 0 Å². The molecule has 122 valence electrons. The lowest BCUT2D eigenvalue weighted by molar-refractivity contribution is -0.381. The van der Waals surface area contributed by atoms with E-state index in [1.807, 2.05) is 0 Å². The van der Waals surface area contributed by atoms with E-state index >= 15 is 0 Å². The number of phenolic OH excluding ortho intramolecular Hbond substituents is 1. The zero-order valence-electron chi connectivity index (χ0n) is 12.9. The molecule has 3 rings (SSSR count). The summed E-state index contributed by atoms with van der Waals surface area (Å²) in [5.41, 5.74) is -0.208. The van der Waals surface area contributed by atoms with Gasteiger partial charge in [-0.3, -0.25) is 10.1 Å². The average molecular weight is 327 g/mol. The molecule has 7 nitrogen and oxygen atoms in total. The Balaban J connectivity index is 2.65. The topological polar surface area (TPSA) is 98.9 Å². The van der Waals surface area contributed by atoms with Gasteiger partial charge < -0.3 is 14.6 Å². The summed E-state index contributed by atoms with van der Waals surface area (Å²) < 4.78 is 9.88. The van der Waals surface area contributed by atoms with Crippen LogP contribution in [0.1, 0.15) is 10.4 Å². The number of methoxy groups -OCH3 is 2. The molecule has 0 saturated heterocycles. The number of rotatable bonds is 3. The maximum Gasteiger partial charge on any atom is 0.338 e. The molecule has 24 heavy (non-hydrogen) atoms. The first-order valence-corrected chi connectivity index (χ1v) is 6.97. The van der Waals surface area contributed by atoms with Gasteiger partial charge in [-0.15, -0.1) is 0 Å². The van der Waals surface area contributed by atoms with Gasteiger partial charge in [-0.1, -0.05) is 18.2 Å². The molecule has 0 radical (unpaired) electrons. The van der Waals surface area contributed by atoms with Crippen molar-refractivity contribution < 1.29 is 24.3 Å². The van der Waals surface area contributed by atoms with Crippen molar-refractivity contribution in [1.82, 2.24) is 0 Å². The van der Waals surface area contributed by atoms with Crippen molar-refractivity contribution in [3.8, 4) is 11.5 Å². The molecule has 0 amide bonds. The van der Waals surface area contributed by atoms with Crippen molar-refractivity contribution in [2.24, 2.45) is 0 Å². The molecule has 0 aromatic heterocycles. The number of benzene rings is 3. The van der Waals surface area contributed by atoms with Crippen LogP contribution in [0, 0.1) is 10.1 Å². The zero-order chi connectivity index (χ0) is 17.4. The third-order valence-electron chi connectivity index (χ3n) is 3.84. The number of esters is 1. The normalized spacial score (nSPS) is 10.8.